The molecule has 0 amide bonds. The summed E-state index contributed by atoms with van der Waals surface area (Å²) in [5, 5.41) is 1.96. The number of anilines is 2. The lowest BCUT2D eigenvalue weighted by Crippen LogP contribution is -2.37. The quantitative estimate of drug-likeness (QED) is 0.164. The van der Waals surface area contributed by atoms with E-state index < -0.39 is 11.0 Å². The van der Waals surface area contributed by atoms with Gasteiger partial charge >= 0.3 is 0 Å². The number of methoxy groups -OCH3 is 2. The van der Waals surface area contributed by atoms with Crippen LogP contribution in [0.15, 0.2) is 84.9 Å². The van der Waals surface area contributed by atoms with Crippen molar-refractivity contribution in [2.45, 2.75) is 24.9 Å². The largest absolute Gasteiger partial charge is 0.493 e. The maximum absolute atomic E-state index is 7.77. The normalized spacial score (nSPS) is 18.1. The first-order valence-corrected chi connectivity index (χ1v) is 18.4. The summed E-state index contributed by atoms with van der Waals surface area (Å²) >= 11 is 0. The van der Waals surface area contributed by atoms with E-state index in [0.717, 1.165) is 103 Å². The van der Waals surface area contributed by atoms with Crippen molar-refractivity contribution in [1.29, 1.82) is 0 Å². The standard InChI is InChI=1S/C45H43N3O5/c1-44(2)38-26-31(46-3)10-15-34(38)41-36-27-39(49-4)40(50-5)28-37(36)43-35(42(41)44)16-17-45(53-43,29-6-11-32(12-7-29)47-18-22-51-23-19-47)30-8-13-33(14-9-30)48-20-24-52-25-21-48/h6-17,26-28H,18-25H2,1-2,4-5H3. The van der Waals surface area contributed by atoms with Crippen LogP contribution in [0.25, 0.3) is 32.8 Å². The van der Waals surface area contributed by atoms with Crippen LogP contribution in [-0.4, -0.2) is 66.8 Å². The predicted molar refractivity (Wildman–Crippen MR) is 210 cm³/mol. The third-order valence-electron chi connectivity index (χ3n) is 11.6. The van der Waals surface area contributed by atoms with Gasteiger partial charge in [-0.25, -0.2) is 4.85 Å². The number of rotatable bonds is 6. The number of morpholine rings is 2. The molecule has 0 aromatic heterocycles. The number of hydrogen-bond donors (Lipinski definition) is 0. The summed E-state index contributed by atoms with van der Waals surface area (Å²) in [6.07, 6.45) is 4.50. The molecule has 2 fully saturated rings. The highest BCUT2D eigenvalue weighted by Gasteiger charge is 2.44. The van der Waals surface area contributed by atoms with Crippen molar-refractivity contribution < 1.29 is 23.7 Å². The van der Waals surface area contributed by atoms with Gasteiger partial charge in [-0.2, -0.15) is 0 Å². The first-order valence-electron chi connectivity index (χ1n) is 18.4. The van der Waals surface area contributed by atoms with Gasteiger partial charge in [0, 0.05) is 65.0 Å². The van der Waals surface area contributed by atoms with Gasteiger partial charge in [0.2, 0.25) is 0 Å². The molecule has 4 aliphatic rings. The summed E-state index contributed by atoms with van der Waals surface area (Å²) in [6.45, 7) is 18.7. The molecule has 9 rings (SSSR count). The van der Waals surface area contributed by atoms with Crippen LogP contribution in [0.1, 0.15) is 41.7 Å². The molecule has 5 aromatic carbocycles. The van der Waals surface area contributed by atoms with E-state index in [0.29, 0.717) is 17.2 Å². The summed E-state index contributed by atoms with van der Waals surface area (Å²) in [7, 11) is 3.35. The van der Waals surface area contributed by atoms with Crippen LogP contribution in [0, 0.1) is 6.57 Å². The van der Waals surface area contributed by atoms with Crippen LogP contribution >= 0.6 is 0 Å². The van der Waals surface area contributed by atoms with Crippen molar-refractivity contribution in [3.8, 4) is 28.4 Å². The fraction of sp³-hybridized carbons (Fsp3) is 0.311. The highest BCUT2D eigenvalue weighted by Crippen LogP contribution is 2.59. The highest BCUT2D eigenvalue weighted by atomic mass is 16.5. The minimum atomic E-state index is -0.929. The fourth-order valence-electron chi connectivity index (χ4n) is 8.83. The van der Waals surface area contributed by atoms with E-state index in [1.165, 1.54) is 16.9 Å². The Morgan fingerprint density at radius 3 is 1.77 bits per heavy atom. The third kappa shape index (κ3) is 5.25. The molecule has 0 saturated carbocycles. The monoisotopic (exact) mass is 705 g/mol. The Hall–Kier alpha value is -5.49. The molecule has 0 unspecified atom stereocenters. The summed E-state index contributed by atoms with van der Waals surface area (Å²) < 4.78 is 30.7. The lowest BCUT2D eigenvalue weighted by molar-refractivity contribution is 0.122. The molecular formula is C45H43N3O5. The lowest BCUT2D eigenvalue weighted by Gasteiger charge is -2.39. The van der Waals surface area contributed by atoms with Gasteiger partial charge in [-0.1, -0.05) is 62.4 Å². The molecule has 8 heteroatoms. The smallest absolute Gasteiger partial charge is 0.187 e. The second kappa shape index (κ2) is 12.9. The molecule has 3 aliphatic heterocycles. The molecule has 0 atom stereocenters. The maximum Gasteiger partial charge on any atom is 0.187 e. The maximum atomic E-state index is 7.77. The van der Waals surface area contributed by atoms with E-state index >= 15 is 0 Å². The Balaban J connectivity index is 1.27. The second-order valence-corrected chi connectivity index (χ2v) is 14.7. The number of hydrogen-bond acceptors (Lipinski definition) is 7. The zero-order chi connectivity index (χ0) is 36.3. The fourth-order valence-corrected chi connectivity index (χ4v) is 8.83. The summed E-state index contributed by atoms with van der Waals surface area (Å²) in [4.78, 5) is 8.54. The van der Waals surface area contributed by atoms with Crippen molar-refractivity contribution in [3.63, 3.8) is 0 Å². The minimum absolute atomic E-state index is 0.399. The van der Waals surface area contributed by atoms with Crippen LogP contribution in [0.4, 0.5) is 17.1 Å². The summed E-state index contributed by atoms with van der Waals surface area (Å²) in [5.74, 6) is 2.08. The van der Waals surface area contributed by atoms with Crippen molar-refractivity contribution in [2.75, 3.05) is 76.6 Å². The average molecular weight is 706 g/mol. The molecule has 0 spiro atoms. The number of fused-ring (bicyclic) bond motifs is 8. The molecule has 3 heterocycles. The molecule has 53 heavy (non-hydrogen) atoms. The van der Waals surface area contributed by atoms with Crippen LogP contribution < -0.4 is 24.0 Å². The second-order valence-electron chi connectivity index (χ2n) is 14.7. The first kappa shape index (κ1) is 33.4. The SMILES string of the molecule is [C-]#[N+]c1ccc2c(c1)C(C)(C)c1c3c(c4cc(OC)c(OC)cc4c1-2)OC(c1ccc(N2CCOCC2)cc1)(c1ccc(N2CCOCC2)cc1)C=C3. The van der Waals surface area contributed by atoms with E-state index in [4.69, 9.17) is 30.3 Å². The Bertz CT molecular complexity index is 2230. The Morgan fingerprint density at radius 1 is 0.698 bits per heavy atom. The lowest BCUT2D eigenvalue weighted by atomic mass is 9.76. The van der Waals surface area contributed by atoms with Crippen LogP contribution in [0.2, 0.25) is 0 Å². The molecule has 2 saturated heterocycles. The first-order chi connectivity index (χ1) is 25.9. The highest BCUT2D eigenvalue weighted by molar-refractivity contribution is 6.09. The van der Waals surface area contributed by atoms with E-state index in [1.54, 1.807) is 14.2 Å². The van der Waals surface area contributed by atoms with Gasteiger partial charge < -0.3 is 33.5 Å². The zero-order valence-corrected chi connectivity index (χ0v) is 30.7. The molecule has 1 aliphatic carbocycles. The molecule has 268 valence electrons. The van der Waals surface area contributed by atoms with Crippen LogP contribution in [-0.2, 0) is 20.5 Å². The molecule has 8 nitrogen and oxygen atoms in total. The van der Waals surface area contributed by atoms with Crippen molar-refractivity contribution in [3.05, 3.63) is 124 Å². The predicted octanol–water partition coefficient (Wildman–Crippen LogP) is 8.74. The van der Waals surface area contributed by atoms with Gasteiger partial charge in [0.05, 0.1) is 47.2 Å². The van der Waals surface area contributed by atoms with E-state index in [9.17, 15) is 0 Å². The van der Waals surface area contributed by atoms with Gasteiger partial charge in [-0.3, -0.25) is 0 Å². The molecule has 0 N–H and O–H groups in total. The van der Waals surface area contributed by atoms with Gasteiger partial charge in [0.1, 0.15) is 5.75 Å². The Morgan fingerprint density at radius 2 is 1.25 bits per heavy atom. The number of benzene rings is 5. The van der Waals surface area contributed by atoms with Crippen LogP contribution in [0.5, 0.6) is 17.2 Å². The Labute approximate surface area is 310 Å². The minimum Gasteiger partial charge on any atom is -0.493 e. The average Bonchev–Trinajstić information content (AvgIpc) is 3.46. The van der Waals surface area contributed by atoms with Gasteiger partial charge in [-0.15, -0.1) is 0 Å². The van der Waals surface area contributed by atoms with E-state index in [-0.39, 0.29) is 0 Å². The third-order valence-corrected chi connectivity index (χ3v) is 11.6. The van der Waals surface area contributed by atoms with E-state index in [1.807, 2.05) is 12.1 Å². The van der Waals surface area contributed by atoms with Crippen LogP contribution in [0.3, 0.4) is 0 Å². The summed E-state index contributed by atoms with van der Waals surface area (Å²) in [5.41, 5.74) is 9.34. The van der Waals surface area contributed by atoms with Gasteiger partial charge in [0.25, 0.3) is 0 Å². The van der Waals surface area contributed by atoms with Crippen molar-refractivity contribution in [1.82, 2.24) is 0 Å². The van der Waals surface area contributed by atoms with Crippen molar-refractivity contribution in [2.24, 2.45) is 0 Å². The van der Waals surface area contributed by atoms with Crippen molar-refractivity contribution >= 4 is 33.9 Å². The Kier molecular flexibility index (Phi) is 8.10. The molecule has 0 bridgehead atoms. The number of ether oxygens (including phenoxy) is 5. The topological polar surface area (TPSA) is 57.0 Å². The number of nitrogens with zero attached hydrogens (tertiary/aromatic N) is 3. The summed E-state index contributed by atoms with van der Waals surface area (Å²) in [6, 6.07) is 27.9. The van der Waals surface area contributed by atoms with Gasteiger partial charge in [0.15, 0.2) is 22.8 Å². The van der Waals surface area contributed by atoms with E-state index in [2.05, 4.69) is 107 Å². The van der Waals surface area contributed by atoms with Gasteiger partial charge in [-0.05, 0) is 70.1 Å². The molecule has 0 radical (unpaired) electrons. The molecular weight excluding hydrogens is 663 g/mol. The zero-order valence-electron chi connectivity index (χ0n) is 30.7. The molecule has 5 aromatic rings.